The minimum Gasteiger partial charge on any atom is -0.0925 e. The van der Waals surface area contributed by atoms with E-state index >= 15 is 0 Å². The molecule has 0 amide bonds. The van der Waals surface area contributed by atoms with Crippen LogP contribution in [0.3, 0.4) is 0 Å². The molecular formula is C12H25Br. The second-order valence-electron chi connectivity index (χ2n) is 6.37. The Bertz CT molecular complexity index is 142. The van der Waals surface area contributed by atoms with Crippen LogP contribution in [0.15, 0.2) is 0 Å². The summed E-state index contributed by atoms with van der Waals surface area (Å²) in [6.45, 7) is 14.1. The fraction of sp³-hybridized carbons (Fsp3) is 1.00. The summed E-state index contributed by atoms with van der Waals surface area (Å²) in [4.78, 5) is 0. The molecular weight excluding hydrogens is 224 g/mol. The fourth-order valence-electron chi connectivity index (χ4n) is 2.51. The van der Waals surface area contributed by atoms with E-state index in [4.69, 9.17) is 0 Å². The topological polar surface area (TPSA) is 0 Å². The van der Waals surface area contributed by atoms with E-state index < -0.39 is 0 Å². The van der Waals surface area contributed by atoms with Crippen molar-refractivity contribution in [3.8, 4) is 0 Å². The van der Waals surface area contributed by atoms with Crippen molar-refractivity contribution in [2.75, 3.05) is 5.33 Å². The van der Waals surface area contributed by atoms with Crippen LogP contribution in [-0.4, -0.2) is 5.33 Å². The van der Waals surface area contributed by atoms with Crippen LogP contribution in [0.5, 0.6) is 0 Å². The van der Waals surface area contributed by atoms with Gasteiger partial charge in [0.2, 0.25) is 0 Å². The van der Waals surface area contributed by atoms with Gasteiger partial charge < -0.3 is 0 Å². The van der Waals surface area contributed by atoms with Crippen LogP contribution in [-0.2, 0) is 0 Å². The standard InChI is InChI=1S/C12H25Br/c1-10(8-13)7-12(5,6)9-11(2,3)4/h10H,7-9H2,1-6H3. The van der Waals surface area contributed by atoms with Crippen molar-refractivity contribution < 1.29 is 0 Å². The van der Waals surface area contributed by atoms with Gasteiger partial charge in [-0.25, -0.2) is 0 Å². The molecule has 1 atom stereocenters. The Kier molecular flexibility index (Phi) is 4.99. The summed E-state index contributed by atoms with van der Waals surface area (Å²) in [5.74, 6) is 0.789. The van der Waals surface area contributed by atoms with Gasteiger partial charge in [-0.1, -0.05) is 57.5 Å². The van der Waals surface area contributed by atoms with Crippen molar-refractivity contribution in [3.05, 3.63) is 0 Å². The van der Waals surface area contributed by atoms with E-state index in [0.29, 0.717) is 10.8 Å². The number of alkyl halides is 1. The Balaban J connectivity index is 4.08. The lowest BCUT2D eigenvalue weighted by Gasteiger charge is -2.34. The van der Waals surface area contributed by atoms with Crippen molar-refractivity contribution in [1.29, 1.82) is 0 Å². The molecule has 0 saturated carbocycles. The number of hydrogen-bond donors (Lipinski definition) is 0. The Hall–Kier alpha value is 0.480. The monoisotopic (exact) mass is 248 g/mol. The van der Waals surface area contributed by atoms with Crippen molar-refractivity contribution in [2.45, 2.75) is 54.4 Å². The maximum absolute atomic E-state index is 3.55. The summed E-state index contributed by atoms with van der Waals surface area (Å²) >= 11 is 3.55. The second-order valence-corrected chi connectivity index (χ2v) is 7.01. The molecule has 0 rings (SSSR count). The van der Waals surface area contributed by atoms with E-state index in [0.717, 1.165) is 11.2 Å². The molecule has 0 heterocycles. The summed E-state index contributed by atoms with van der Waals surface area (Å²) in [6, 6.07) is 0. The molecule has 0 radical (unpaired) electrons. The van der Waals surface area contributed by atoms with Gasteiger partial charge in [-0.05, 0) is 29.6 Å². The van der Waals surface area contributed by atoms with Crippen LogP contribution in [0.4, 0.5) is 0 Å². The van der Waals surface area contributed by atoms with Crippen LogP contribution >= 0.6 is 15.9 Å². The third-order valence-corrected chi connectivity index (χ3v) is 3.28. The molecule has 1 unspecified atom stereocenters. The van der Waals surface area contributed by atoms with Crippen LogP contribution in [0.2, 0.25) is 0 Å². The highest BCUT2D eigenvalue weighted by Crippen LogP contribution is 2.37. The maximum atomic E-state index is 3.55. The zero-order chi connectivity index (χ0) is 10.7. The van der Waals surface area contributed by atoms with Crippen molar-refractivity contribution in [2.24, 2.45) is 16.7 Å². The van der Waals surface area contributed by atoms with E-state index in [-0.39, 0.29) is 0 Å². The van der Waals surface area contributed by atoms with Crippen LogP contribution in [0.25, 0.3) is 0 Å². The Labute approximate surface area is 92.6 Å². The van der Waals surface area contributed by atoms with Crippen molar-refractivity contribution in [3.63, 3.8) is 0 Å². The summed E-state index contributed by atoms with van der Waals surface area (Å²) in [6.07, 6.45) is 2.62. The summed E-state index contributed by atoms with van der Waals surface area (Å²) < 4.78 is 0. The zero-order valence-electron chi connectivity index (χ0n) is 10.1. The molecule has 0 N–H and O–H groups in total. The SMILES string of the molecule is CC(CBr)CC(C)(C)CC(C)(C)C. The number of rotatable bonds is 4. The first kappa shape index (κ1) is 13.5. The van der Waals surface area contributed by atoms with Gasteiger partial charge in [0.15, 0.2) is 0 Å². The van der Waals surface area contributed by atoms with Crippen LogP contribution in [0, 0.1) is 16.7 Å². The van der Waals surface area contributed by atoms with Gasteiger partial charge in [0.05, 0.1) is 0 Å². The van der Waals surface area contributed by atoms with E-state index in [2.05, 4.69) is 57.5 Å². The first-order valence-corrected chi connectivity index (χ1v) is 6.34. The van der Waals surface area contributed by atoms with E-state index in [1.165, 1.54) is 12.8 Å². The highest BCUT2D eigenvalue weighted by atomic mass is 79.9. The van der Waals surface area contributed by atoms with Gasteiger partial charge in [-0.2, -0.15) is 0 Å². The first-order valence-electron chi connectivity index (χ1n) is 5.22. The molecule has 0 bridgehead atoms. The minimum absolute atomic E-state index is 0.454. The summed E-state index contributed by atoms with van der Waals surface area (Å²) in [5.41, 5.74) is 0.932. The molecule has 0 aliphatic heterocycles. The quantitative estimate of drug-likeness (QED) is 0.623. The lowest BCUT2D eigenvalue weighted by Crippen LogP contribution is -2.23. The predicted molar refractivity (Wildman–Crippen MR) is 65.4 cm³/mol. The molecule has 0 aromatic carbocycles. The molecule has 0 spiro atoms. The highest BCUT2D eigenvalue weighted by molar-refractivity contribution is 9.09. The Morgan fingerprint density at radius 3 is 1.85 bits per heavy atom. The maximum Gasteiger partial charge on any atom is 0.00572 e. The van der Waals surface area contributed by atoms with Gasteiger partial charge in [0, 0.05) is 5.33 Å². The number of hydrogen-bond acceptors (Lipinski definition) is 0. The molecule has 0 aliphatic carbocycles. The number of halogens is 1. The van der Waals surface area contributed by atoms with Crippen LogP contribution < -0.4 is 0 Å². The molecule has 0 aromatic rings. The lowest BCUT2D eigenvalue weighted by atomic mass is 9.72. The molecule has 0 aromatic heterocycles. The van der Waals surface area contributed by atoms with Crippen LogP contribution in [0.1, 0.15) is 54.4 Å². The predicted octanol–water partition coefficient (Wildman–Crippen LogP) is 4.87. The van der Waals surface area contributed by atoms with E-state index in [1.54, 1.807) is 0 Å². The highest BCUT2D eigenvalue weighted by Gasteiger charge is 2.26. The zero-order valence-corrected chi connectivity index (χ0v) is 11.7. The molecule has 13 heavy (non-hydrogen) atoms. The van der Waals surface area contributed by atoms with Gasteiger partial charge in [0.25, 0.3) is 0 Å². The Morgan fingerprint density at radius 1 is 1.08 bits per heavy atom. The molecule has 0 aliphatic rings. The molecule has 0 saturated heterocycles. The fourth-order valence-corrected chi connectivity index (χ4v) is 2.73. The van der Waals surface area contributed by atoms with Crippen molar-refractivity contribution >= 4 is 15.9 Å². The molecule has 0 fully saturated rings. The van der Waals surface area contributed by atoms with E-state index in [1.807, 2.05) is 0 Å². The third kappa shape index (κ3) is 7.54. The minimum atomic E-state index is 0.454. The van der Waals surface area contributed by atoms with Gasteiger partial charge in [-0.3, -0.25) is 0 Å². The largest absolute Gasteiger partial charge is 0.0925 e. The summed E-state index contributed by atoms with van der Waals surface area (Å²) in [7, 11) is 0. The molecule has 1 heteroatoms. The van der Waals surface area contributed by atoms with E-state index in [9.17, 15) is 0 Å². The average molecular weight is 249 g/mol. The van der Waals surface area contributed by atoms with Gasteiger partial charge >= 0.3 is 0 Å². The normalized spacial score (nSPS) is 15.9. The molecule has 80 valence electrons. The van der Waals surface area contributed by atoms with Gasteiger partial charge in [0.1, 0.15) is 0 Å². The Morgan fingerprint density at radius 2 is 1.54 bits per heavy atom. The third-order valence-electron chi connectivity index (χ3n) is 2.17. The molecule has 0 nitrogen and oxygen atoms in total. The van der Waals surface area contributed by atoms with Crippen molar-refractivity contribution in [1.82, 2.24) is 0 Å². The average Bonchev–Trinajstić information content (AvgIpc) is 1.80. The second kappa shape index (κ2) is 4.82. The smallest absolute Gasteiger partial charge is 0.00572 e. The van der Waals surface area contributed by atoms with Gasteiger partial charge in [-0.15, -0.1) is 0 Å². The lowest BCUT2D eigenvalue weighted by molar-refractivity contribution is 0.180. The summed E-state index contributed by atoms with van der Waals surface area (Å²) in [5, 5.41) is 1.13. The first-order chi connectivity index (χ1) is 5.66.